The van der Waals surface area contributed by atoms with Gasteiger partial charge in [0, 0.05) is 19.0 Å². The summed E-state index contributed by atoms with van der Waals surface area (Å²) in [6.45, 7) is 1.86. The molecule has 1 heterocycles. The molecule has 1 aliphatic rings. The van der Waals surface area contributed by atoms with E-state index in [9.17, 15) is 5.26 Å². The van der Waals surface area contributed by atoms with Gasteiger partial charge in [-0.2, -0.15) is 5.26 Å². The Morgan fingerprint density at radius 2 is 1.85 bits per heavy atom. The van der Waals surface area contributed by atoms with Crippen molar-refractivity contribution in [3.63, 3.8) is 0 Å². The van der Waals surface area contributed by atoms with Crippen LogP contribution in [-0.2, 0) is 0 Å². The monoisotopic (exact) mass is 264 g/mol. The summed E-state index contributed by atoms with van der Waals surface area (Å²) in [5, 5.41) is 9.26. The average molecular weight is 264 g/mol. The second kappa shape index (κ2) is 5.26. The standard InChI is InChI=1S/C17H16N2O/c1-20-16-9-5-8-14(10-18)17(16)19-11-15(12-19)13-6-3-2-4-7-13/h2-9,15H,11-12H2,1H3. The molecule has 0 N–H and O–H groups in total. The highest BCUT2D eigenvalue weighted by atomic mass is 16.5. The molecule has 0 aliphatic carbocycles. The fourth-order valence-corrected chi connectivity index (χ4v) is 2.70. The molecule has 1 saturated heterocycles. The largest absolute Gasteiger partial charge is 0.495 e. The van der Waals surface area contributed by atoms with Crippen molar-refractivity contribution in [2.75, 3.05) is 25.1 Å². The molecule has 3 rings (SSSR count). The van der Waals surface area contributed by atoms with Crippen LogP contribution in [0.2, 0.25) is 0 Å². The van der Waals surface area contributed by atoms with E-state index in [0.29, 0.717) is 11.5 Å². The van der Waals surface area contributed by atoms with Crippen LogP contribution in [0.25, 0.3) is 0 Å². The predicted octanol–water partition coefficient (Wildman–Crippen LogP) is 3.17. The van der Waals surface area contributed by atoms with Gasteiger partial charge in [-0.1, -0.05) is 36.4 Å². The molecule has 3 heteroatoms. The summed E-state index contributed by atoms with van der Waals surface area (Å²) in [5.41, 5.74) is 2.96. The van der Waals surface area contributed by atoms with E-state index < -0.39 is 0 Å². The number of ether oxygens (including phenoxy) is 1. The molecule has 0 atom stereocenters. The topological polar surface area (TPSA) is 36.3 Å². The first-order valence-corrected chi connectivity index (χ1v) is 6.70. The van der Waals surface area contributed by atoms with Crippen molar-refractivity contribution >= 4 is 5.69 Å². The molecule has 1 aliphatic heterocycles. The SMILES string of the molecule is COc1cccc(C#N)c1N1CC(c2ccccc2)C1. The van der Waals surface area contributed by atoms with E-state index in [-0.39, 0.29) is 0 Å². The van der Waals surface area contributed by atoms with Crippen LogP contribution in [0.1, 0.15) is 17.0 Å². The Bertz CT molecular complexity index is 640. The Kier molecular flexibility index (Phi) is 3.30. The Balaban J connectivity index is 1.82. The predicted molar refractivity (Wildman–Crippen MR) is 79.1 cm³/mol. The fraction of sp³-hybridized carbons (Fsp3) is 0.235. The van der Waals surface area contributed by atoms with Gasteiger partial charge < -0.3 is 9.64 Å². The molecule has 20 heavy (non-hydrogen) atoms. The zero-order chi connectivity index (χ0) is 13.9. The van der Waals surface area contributed by atoms with Gasteiger partial charge in [0.2, 0.25) is 0 Å². The molecule has 0 aromatic heterocycles. The molecule has 0 unspecified atom stereocenters. The number of benzene rings is 2. The van der Waals surface area contributed by atoms with Gasteiger partial charge in [-0.3, -0.25) is 0 Å². The molecule has 0 radical (unpaired) electrons. The molecular weight excluding hydrogens is 248 g/mol. The number of nitriles is 1. The van der Waals surface area contributed by atoms with Crippen LogP contribution in [0.4, 0.5) is 5.69 Å². The van der Waals surface area contributed by atoms with Gasteiger partial charge in [0.15, 0.2) is 0 Å². The molecule has 1 fully saturated rings. The van der Waals surface area contributed by atoms with E-state index in [2.05, 4.69) is 35.2 Å². The number of rotatable bonds is 3. The fourth-order valence-electron chi connectivity index (χ4n) is 2.70. The summed E-state index contributed by atoms with van der Waals surface area (Å²) < 4.78 is 5.39. The molecule has 0 saturated carbocycles. The summed E-state index contributed by atoms with van der Waals surface area (Å²) >= 11 is 0. The quantitative estimate of drug-likeness (QED) is 0.854. The van der Waals surface area contributed by atoms with Gasteiger partial charge in [-0.15, -0.1) is 0 Å². The highest BCUT2D eigenvalue weighted by Crippen LogP contribution is 2.39. The summed E-state index contributed by atoms with van der Waals surface area (Å²) in [5.74, 6) is 1.31. The molecule has 2 aromatic rings. The van der Waals surface area contributed by atoms with Gasteiger partial charge in [0.25, 0.3) is 0 Å². The van der Waals surface area contributed by atoms with Crippen LogP contribution in [0.3, 0.4) is 0 Å². The highest BCUT2D eigenvalue weighted by Gasteiger charge is 2.31. The van der Waals surface area contributed by atoms with E-state index in [0.717, 1.165) is 24.5 Å². The van der Waals surface area contributed by atoms with Crippen LogP contribution in [0.15, 0.2) is 48.5 Å². The molecule has 0 spiro atoms. The van der Waals surface area contributed by atoms with Crippen LogP contribution in [-0.4, -0.2) is 20.2 Å². The highest BCUT2D eigenvalue weighted by molar-refractivity contribution is 5.69. The van der Waals surface area contributed by atoms with Gasteiger partial charge in [-0.25, -0.2) is 0 Å². The Hall–Kier alpha value is -2.47. The summed E-state index contributed by atoms with van der Waals surface area (Å²) in [6, 6.07) is 18.4. The van der Waals surface area contributed by atoms with Gasteiger partial charge in [0.05, 0.1) is 18.4 Å². The smallest absolute Gasteiger partial charge is 0.143 e. The van der Waals surface area contributed by atoms with Crippen molar-refractivity contribution in [1.29, 1.82) is 5.26 Å². The molecule has 0 bridgehead atoms. The zero-order valence-corrected chi connectivity index (χ0v) is 11.4. The third kappa shape index (κ3) is 2.10. The van der Waals surface area contributed by atoms with Crippen molar-refractivity contribution in [3.05, 3.63) is 59.7 Å². The molecule has 2 aromatic carbocycles. The average Bonchev–Trinajstić information content (AvgIpc) is 2.47. The minimum Gasteiger partial charge on any atom is -0.495 e. The normalized spacial score (nSPS) is 14.5. The minimum absolute atomic E-state index is 0.535. The minimum atomic E-state index is 0.535. The van der Waals surface area contributed by atoms with Crippen molar-refractivity contribution in [1.82, 2.24) is 0 Å². The summed E-state index contributed by atoms with van der Waals surface area (Å²) in [7, 11) is 1.65. The first-order valence-electron chi connectivity index (χ1n) is 6.70. The third-order valence-electron chi connectivity index (χ3n) is 3.81. The second-order valence-corrected chi connectivity index (χ2v) is 4.98. The number of hydrogen-bond donors (Lipinski definition) is 0. The van der Waals surface area contributed by atoms with Crippen LogP contribution in [0.5, 0.6) is 5.75 Å². The lowest BCUT2D eigenvalue weighted by atomic mass is 9.90. The van der Waals surface area contributed by atoms with Gasteiger partial charge >= 0.3 is 0 Å². The van der Waals surface area contributed by atoms with Gasteiger partial charge in [0.1, 0.15) is 11.8 Å². The Morgan fingerprint density at radius 1 is 1.10 bits per heavy atom. The maximum absolute atomic E-state index is 9.26. The number of nitrogens with zero attached hydrogens (tertiary/aromatic N) is 2. The molecular formula is C17H16N2O. The second-order valence-electron chi connectivity index (χ2n) is 4.98. The summed E-state index contributed by atoms with van der Waals surface area (Å²) in [4.78, 5) is 2.22. The Morgan fingerprint density at radius 3 is 2.50 bits per heavy atom. The van der Waals surface area contributed by atoms with Crippen LogP contribution in [0, 0.1) is 11.3 Å². The first-order chi connectivity index (χ1) is 9.83. The molecule has 3 nitrogen and oxygen atoms in total. The van der Waals surface area contributed by atoms with Crippen molar-refractivity contribution in [3.8, 4) is 11.8 Å². The van der Waals surface area contributed by atoms with E-state index in [4.69, 9.17) is 4.74 Å². The third-order valence-corrected chi connectivity index (χ3v) is 3.81. The zero-order valence-electron chi connectivity index (χ0n) is 11.4. The van der Waals surface area contributed by atoms with Gasteiger partial charge in [-0.05, 0) is 17.7 Å². The number of hydrogen-bond acceptors (Lipinski definition) is 3. The lowest BCUT2D eigenvalue weighted by Crippen LogP contribution is -2.45. The van der Waals surface area contributed by atoms with Crippen molar-refractivity contribution in [2.45, 2.75) is 5.92 Å². The maximum atomic E-state index is 9.26. The number of methoxy groups -OCH3 is 1. The maximum Gasteiger partial charge on any atom is 0.143 e. The van der Waals surface area contributed by atoms with E-state index in [1.807, 2.05) is 24.3 Å². The summed E-state index contributed by atoms with van der Waals surface area (Å²) in [6.07, 6.45) is 0. The first kappa shape index (κ1) is 12.6. The van der Waals surface area contributed by atoms with Crippen LogP contribution >= 0.6 is 0 Å². The van der Waals surface area contributed by atoms with Crippen molar-refractivity contribution < 1.29 is 4.74 Å². The Labute approximate surface area is 119 Å². The molecule has 100 valence electrons. The van der Waals surface area contributed by atoms with E-state index >= 15 is 0 Å². The molecule has 0 amide bonds. The van der Waals surface area contributed by atoms with E-state index in [1.165, 1.54) is 5.56 Å². The van der Waals surface area contributed by atoms with Crippen LogP contribution < -0.4 is 9.64 Å². The lowest BCUT2D eigenvalue weighted by Gasteiger charge is -2.42. The number of anilines is 1. The number of para-hydroxylation sites is 1. The van der Waals surface area contributed by atoms with Crippen molar-refractivity contribution in [2.24, 2.45) is 0 Å². The van der Waals surface area contributed by atoms with E-state index in [1.54, 1.807) is 7.11 Å². The lowest BCUT2D eigenvalue weighted by molar-refractivity contribution is 0.409.